The normalized spacial score (nSPS) is 41.5. The average Bonchev–Trinajstić information content (AvgIpc) is 2.48. The number of piperidine rings is 1. The van der Waals surface area contributed by atoms with Gasteiger partial charge in [-0.3, -0.25) is 5.32 Å². The van der Waals surface area contributed by atoms with Crippen molar-refractivity contribution < 1.29 is 0 Å². The molecular formula is C10H20N2S. The fourth-order valence-corrected chi connectivity index (χ4v) is 4.09. The Morgan fingerprint density at radius 2 is 2.46 bits per heavy atom. The maximum Gasteiger partial charge on any atom is 0.0776 e. The number of likely N-dealkylation sites (tertiary alicyclic amines) is 1. The van der Waals surface area contributed by atoms with Crippen LogP contribution in [-0.2, 0) is 0 Å². The summed E-state index contributed by atoms with van der Waals surface area (Å²) in [5.41, 5.74) is 0. The highest BCUT2D eigenvalue weighted by molar-refractivity contribution is 8.00. The first kappa shape index (κ1) is 9.81. The summed E-state index contributed by atoms with van der Waals surface area (Å²) in [6.07, 6.45) is 3.99. The van der Waals surface area contributed by atoms with Gasteiger partial charge < -0.3 is 4.90 Å². The van der Waals surface area contributed by atoms with E-state index < -0.39 is 0 Å². The standard InChI is InChI=1S/C10H20N2S/c1-3-9-7-13-10(11-9)5-4-6-12(2)8-10/h9,11H,3-8H2,1-2H3. The highest BCUT2D eigenvalue weighted by Crippen LogP contribution is 2.37. The molecule has 13 heavy (non-hydrogen) atoms. The van der Waals surface area contributed by atoms with Crippen molar-refractivity contribution in [2.75, 3.05) is 25.9 Å². The van der Waals surface area contributed by atoms with E-state index in [2.05, 4.69) is 35.9 Å². The summed E-state index contributed by atoms with van der Waals surface area (Å²) in [4.78, 5) is 2.87. The van der Waals surface area contributed by atoms with Crippen molar-refractivity contribution in [1.82, 2.24) is 10.2 Å². The third-order valence-corrected chi connectivity index (χ3v) is 4.74. The number of hydrogen-bond acceptors (Lipinski definition) is 3. The predicted octanol–water partition coefficient (Wildman–Crippen LogP) is 1.52. The zero-order valence-corrected chi connectivity index (χ0v) is 9.49. The maximum absolute atomic E-state index is 3.81. The quantitative estimate of drug-likeness (QED) is 0.691. The van der Waals surface area contributed by atoms with Gasteiger partial charge >= 0.3 is 0 Å². The fraction of sp³-hybridized carbons (Fsp3) is 1.00. The number of hydrogen-bond donors (Lipinski definition) is 1. The van der Waals surface area contributed by atoms with E-state index in [9.17, 15) is 0 Å². The lowest BCUT2D eigenvalue weighted by atomic mass is 10.0. The van der Waals surface area contributed by atoms with E-state index in [1.165, 1.54) is 38.1 Å². The Morgan fingerprint density at radius 1 is 1.62 bits per heavy atom. The van der Waals surface area contributed by atoms with Crippen molar-refractivity contribution >= 4 is 11.8 Å². The molecule has 0 aromatic carbocycles. The van der Waals surface area contributed by atoms with Gasteiger partial charge in [-0.2, -0.15) is 0 Å². The lowest BCUT2D eigenvalue weighted by Gasteiger charge is -2.38. The average molecular weight is 200 g/mol. The van der Waals surface area contributed by atoms with E-state index in [0.717, 1.165) is 6.04 Å². The second-order valence-corrected chi connectivity index (χ2v) is 5.80. The monoisotopic (exact) mass is 200 g/mol. The Balaban J connectivity index is 1.97. The molecule has 0 amide bonds. The maximum atomic E-state index is 3.81. The molecule has 0 aliphatic carbocycles. The van der Waals surface area contributed by atoms with Gasteiger partial charge in [-0.05, 0) is 32.9 Å². The SMILES string of the molecule is CCC1CSC2(CCCN(C)C2)N1. The number of rotatable bonds is 1. The van der Waals surface area contributed by atoms with E-state index in [1.54, 1.807) is 0 Å². The van der Waals surface area contributed by atoms with Gasteiger partial charge in [0.15, 0.2) is 0 Å². The Morgan fingerprint density at radius 3 is 3.08 bits per heavy atom. The Kier molecular flexibility index (Phi) is 2.86. The molecule has 2 aliphatic heterocycles. The molecule has 0 radical (unpaired) electrons. The molecule has 0 aromatic rings. The van der Waals surface area contributed by atoms with Crippen LogP contribution in [0.5, 0.6) is 0 Å². The predicted molar refractivity (Wildman–Crippen MR) is 59.1 cm³/mol. The van der Waals surface area contributed by atoms with Gasteiger partial charge in [0.2, 0.25) is 0 Å². The van der Waals surface area contributed by atoms with Crippen LogP contribution < -0.4 is 5.32 Å². The molecule has 76 valence electrons. The summed E-state index contributed by atoms with van der Waals surface area (Å²) in [5.74, 6) is 1.31. The first-order chi connectivity index (χ1) is 6.24. The molecule has 1 spiro atoms. The van der Waals surface area contributed by atoms with Crippen LogP contribution in [0.15, 0.2) is 0 Å². The van der Waals surface area contributed by atoms with Gasteiger partial charge in [0, 0.05) is 18.3 Å². The molecule has 0 saturated carbocycles. The first-order valence-electron chi connectivity index (χ1n) is 5.34. The molecule has 2 atom stereocenters. The molecule has 2 saturated heterocycles. The molecule has 0 bridgehead atoms. The summed E-state index contributed by atoms with van der Waals surface area (Å²) in [6, 6.07) is 0.761. The van der Waals surface area contributed by atoms with Crippen LogP contribution in [0.3, 0.4) is 0 Å². The highest BCUT2D eigenvalue weighted by Gasteiger charge is 2.40. The molecule has 3 heteroatoms. The van der Waals surface area contributed by atoms with Crippen molar-refractivity contribution in [2.45, 2.75) is 37.1 Å². The second kappa shape index (κ2) is 3.79. The van der Waals surface area contributed by atoms with Gasteiger partial charge in [0.25, 0.3) is 0 Å². The van der Waals surface area contributed by atoms with Crippen LogP contribution in [0.4, 0.5) is 0 Å². The minimum absolute atomic E-state index is 0.410. The lowest BCUT2D eigenvalue weighted by molar-refractivity contribution is 0.205. The Bertz CT molecular complexity index is 186. The van der Waals surface area contributed by atoms with Crippen LogP contribution in [-0.4, -0.2) is 41.7 Å². The van der Waals surface area contributed by atoms with E-state index in [1.807, 2.05) is 0 Å². The van der Waals surface area contributed by atoms with Gasteiger partial charge in [-0.1, -0.05) is 6.92 Å². The minimum Gasteiger partial charge on any atom is -0.304 e. The van der Waals surface area contributed by atoms with Crippen LogP contribution in [0, 0.1) is 0 Å². The zero-order valence-electron chi connectivity index (χ0n) is 8.68. The van der Waals surface area contributed by atoms with E-state index >= 15 is 0 Å². The largest absolute Gasteiger partial charge is 0.304 e. The van der Waals surface area contributed by atoms with Gasteiger partial charge in [0.05, 0.1) is 4.87 Å². The molecular weight excluding hydrogens is 180 g/mol. The van der Waals surface area contributed by atoms with Crippen molar-refractivity contribution in [3.05, 3.63) is 0 Å². The first-order valence-corrected chi connectivity index (χ1v) is 6.33. The number of nitrogens with zero attached hydrogens (tertiary/aromatic N) is 1. The van der Waals surface area contributed by atoms with Crippen molar-refractivity contribution in [2.24, 2.45) is 0 Å². The zero-order chi connectivity index (χ0) is 9.31. The number of likely N-dealkylation sites (N-methyl/N-ethyl adjacent to an activating group) is 1. The summed E-state index contributed by atoms with van der Waals surface area (Å²) in [7, 11) is 2.24. The minimum atomic E-state index is 0.410. The van der Waals surface area contributed by atoms with E-state index in [-0.39, 0.29) is 0 Å². The molecule has 2 unspecified atom stereocenters. The Labute approximate surface area is 85.4 Å². The van der Waals surface area contributed by atoms with Crippen molar-refractivity contribution in [1.29, 1.82) is 0 Å². The molecule has 0 aromatic heterocycles. The molecule has 2 fully saturated rings. The van der Waals surface area contributed by atoms with Gasteiger partial charge in [-0.25, -0.2) is 0 Å². The third kappa shape index (κ3) is 2.03. The highest BCUT2D eigenvalue weighted by atomic mass is 32.2. The smallest absolute Gasteiger partial charge is 0.0776 e. The summed E-state index contributed by atoms with van der Waals surface area (Å²) in [6.45, 7) is 4.79. The van der Waals surface area contributed by atoms with Crippen LogP contribution in [0.1, 0.15) is 26.2 Å². The van der Waals surface area contributed by atoms with Gasteiger partial charge in [0.1, 0.15) is 0 Å². The molecule has 2 rings (SSSR count). The van der Waals surface area contributed by atoms with Crippen LogP contribution >= 0.6 is 11.8 Å². The number of nitrogens with one attached hydrogen (secondary N) is 1. The summed E-state index contributed by atoms with van der Waals surface area (Å²) < 4.78 is 0. The fourth-order valence-electron chi connectivity index (χ4n) is 2.40. The van der Waals surface area contributed by atoms with Crippen molar-refractivity contribution in [3.8, 4) is 0 Å². The van der Waals surface area contributed by atoms with Crippen molar-refractivity contribution in [3.63, 3.8) is 0 Å². The molecule has 1 N–H and O–H groups in total. The molecule has 2 aliphatic rings. The van der Waals surface area contributed by atoms with E-state index in [0.29, 0.717) is 4.87 Å². The van der Waals surface area contributed by atoms with Gasteiger partial charge in [-0.15, -0.1) is 11.8 Å². The lowest BCUT2D eigenvalue weighted by Crippen LogP contribution is -2.52. The molecule has 2 nitrogen and oxygen atoms in total. The van der Waals surface area contributed by atoms with Crippen LogP contribution in [0.25, 0.3) is 0 Å². The summed E-state index contributed by atoms with van der Waals surface area (Å²) in [5, 5.41) is 3.81. The molecule has 2 heterocycles. The van der Waals surface area contributed by atoms with Crippen LogP contribution in [0.2, 0.25) is 0 Å². The Hall–Kier alpha value is 0.270. The summed E-state index contributed by atoms with van der Waals surface area (Å²) >= 11 is 2.15. The third-order valence-electron chi connectivity index (χ3n) is 3.17. The number of thioether (sulfide) groups is 1. The second-order valence-electron chi connectivity index (χ2n) is 4.40. The van der Waals surface area contributed by atoms with E-state index in [4.69, 9.17) is 0 Å². The topological polar surface area (TPSA) is 15.3 Å².